The van der Waals surface area contributed by atoms with E-state index in [1.54, 1.807) is 11.3 Å². The summed E-state index contributed by atoms with van der Waals surface area (Å²) in [6.07, 6.45) is 0. The standard InChI is InChI=1S/C18H11BrN4S/c1-10-2-7-13-14(8-10)20-17-16(13)22-23-15(9-24-18(23)21-17)11-3-5-12(19)6-4-11/h2-9H,1H3. The van der Waals surface area contributed by atoms with Crippen LogP contribution < -0.4 is 0 Å². The Morgan fingerprint density at radius 3 is 2.71 bits per heavy atom. The summed E-state index contributed by atoms with van der Waals surface area (Å²) in [6.45, 7) is 2.07. The van der Waals surface area contributed by atoms with Gasteiger partial charge in [-0.2, -0.15) is 10.1 Å². The van der Waals surface area contributed by atoms with Crippen molar-refractivity contribution in [1.82, 2.24) is 19.6 Å². The normalized spacial score (nSPS) is 11.8. The third-order valence-corrected chi connectivity index (χ3v) is 5.42. The van der Waals surface area contributed by atoms with E-state index in [4.69, 9.17) is 10.1 Å². The Hall–Kier alpha value is -2.31. The molecule has 4 nitrogen and oxygen atoms in total. The molecule has 6 heteroatoms. The number of fused-ring (bicyclic) bond motifs is 4. The van der Waals surface area contributed by atoms with Crippen molar-refractivity contribution in [3.8, 4) is 22.8 Å². The van der Waals surface area contributed by atoms with Gasteiger partial charge >= 0.3 is 0 Å². The highest BCUT2D eigenvalue weighted by atomic mass is 79.9. The molecule has 3 aromatic rings. The van der Waals surface area contributed by atoms with Gasteiger partial charge in [-0.1, -0.05) is 40.2 Å². The number of aromatic nitrogens is 4. The minimum absolute atomic E-state index is 0.708. The number of aryl methyl sites for hydroxylation is 1. The molecule has 2 aromatic carbocycles. The van der Waals surface area contributed by atoms with Crippen LogP contribution in [0, 0.1) is 6.92 Å². The summed E-state index contributed by atoms with van der Waals surface area (Å²) in [5, 5.41) is 7.98. The van der Waals surface area contributed by atoms with Gasteiger partial charge in [-0.3, -0.25) is 0 Å². The second kappa shape index (κ2) is 5.09. The van der Waals surface area contributed by atoms with Gasteiger partial charge in [-0.05, 0) is 30.7 Å². The zero-order chi connectivity index (χ0) is 16.3. The van der Waals surface area contributed by atoms with Crippen LogP contribution in [0.3, 0.4) is 0 Å². The molecule has 2 aliphatic rings. The first-order valence-corrected chi connectivity index (χ1v) is 9.16. The van der Waals surface area contributed by atoms with E-state index in [9.17, 15) is 0 Å². The van der Waals surface area contributed by atoms with Gasteiger partial charge in [0.15, 0.2) is 5.82 Å². The van der Waals surface area contributed by atoms with Gasteiger partial charge in [0, 0.05) is 20.8 Å². The molecule has 0 saturated carbocycles. The van der Waals surface area contributed by atoms with Crippen molar-refractivity contribution in [3.05, 3.63) is 57.9 Å². The Morgan fingerprint density at radius 2 is 1.88 bits per heavy atom. The Labute approximate surface area is 150 Å². The molecule has 1 aromatic heterocycles. The minimum atomic E-state index is 0.708. The van der Waals surface area contributed by atoms with E-state index in [0.717, 1.165) is 37.3 Å². The predicted octanol–water partition coefficient (Wildman–Crippen LogP) is 5.18. The molecule has 0 fully saturated rings. The van der Waals surface area contributed by atoms with Crippen molar-refractivity contribution in [3.63, 3.8) is 0 Å². The van der Waals surface area contributed by atoms with Crippen LogP contribution in [-0.4, -0.2) is 19.6 Å². The molecule has 0 amide bonds. The number of halogens is 1. The summed E-state index contributed by atoms with van der Waals surface area (Å²) in [4.78, 5) is 10.2. The van der Waals surface area contributed by atoms with Gasteiger partial charge in [0.1, 0.15) is 5.69 Å². The van der Waals surface area contributed by atoms with Crippen LogP contribution in [-0.2, 0) is 0 Å². The fourth-order valence-corrected chi connectivity index (χ4v) is 3.98. The molecule has 3 heterocycles. The number of rotatable bonds is 1. The molecule has 24 heavy (non-hydrogen) atoms. The molecule has 0 spiro atoms. The van der Waals surface area contributed by atoms with E-state index in [1.807, 2.05) is 16.6 Å². The van der Waals surface area contributed by atoms with E-state index >= 15 is 0 Å². The lowest BCUT2D eigenvalue weighted by Crippen LogP contribution is -1.99. The highest BCUT2D eigenvalue weighted by Gasteiger charge is 2.18. The number of nitrogens with zero attached hydrogens (tertiary/aromatic N) is 4. The van der Waals surface area contributed by atoms with Crippen LogP contribution in [0.5, 0.6) is 0 Å². The van der Waals surface area contributed by atoms with Crippen molar-refractivity contribution in [2.75, 3.05) is 0 Å². The number of benzene rings is 2. The Bertz CT molecular complexity index is 1170. The largest absolute Gasteiger partial charge is 0.226 e. The molecule has 116 valence electrons. The van der Waals surface area contributed by atoms with Crippen molar-refractivity contribution >= 4 is 43.1 Å². The van der Waals surface area contributed by atoms with Crippen LogP contribution in [0.4, 0.5) is 0 Å². The van der Waals surface area contributed by atoms with E-state index in [-0.39, 0.29) is 0 Å². The zero-order valence-corrected chi connectivity index (χ0v) is 15.1. The molecule has 0 saturated heterocycles. The summed E-state index contributed by atoms with van der Waals surface area (Å²) >= 11 is 5.06. The molecule has 0 N–H and O–H groups in total. The highest BCUT2D eigenvalue weighted by molar-refractivity contribution is 9.10. The molecule has 0 radical (unpaired) electrons. The first-order valence-electron chi connectivity index (χ1n) is 7.49. The van der Waals surface area contributed by atoms with Crippen molar-refractivity contribution < 1.29 is 0 Å². The Morgan fingerprint density at radius 1 is 1.04 bits per heavy atom. The third kappa shape index (κ3) is 2.07. The first-order chi connectivity index (χ1) is 11.7. The Balaban J connectivity index is 1.82. The number of thiazole rings is 1. The van der Waals surface area contributed by atoms with Gasteiger partial charge in [-0.15, -0.1) is 11.3 Å². The maximum atomic E-state index is 4.84. The summed E-state index contributed by atoms with van der Waals surface area (Å²) in [5.74, 6) is 0.708. The topological polar surface area (TPSA) is 43.1 Å². The van der Waals surface area contributed by atoms with E-state index in [2.05, 4.69) is 63.5 Å². The molecular formula is C18H11BrN4S. The summed E-state index contributed by atoms with van der Waals surface area (Å²) in [7, 11) is 0. The van der Waals surface area contributed by atoms with E-state index in [0.29, 0.717) is 5.82 Å². The third-order valence-electron chi connectivity index (χ3n) is 4.07. The lowest BCUT2D eigenvalue weighted by Gasteiger charge is -2.03. The molecular weight excluding hydrogens is 384 g/mol. The molecule has 0 aliphatic carbocycles. The molecule has 5 rings (SSSR count). The van der Waals surface area contributed by atoms with Crippen molar-refractivity contribution in [1.29, 1.82) is 0 Å². The second-order valence-electron chi connectivity index (χ2n) is 5.74. The monoisotopic (exact) mass is 394 g/mol. The highest BCUT2D eigenvalue weighted by Crippen LogP contribution is 2.32. The molecule has 2 aliphatic heterocycles. The average molecular weight is 395 g/mol. The molecule has 0 bridgehead atoms. The maximum absolute atomic E-state index is 4.84. The van der Waals surface area contributed by atoms with E-state index < -0.39 is 0 Å². The smallest absolute Gasteiger partial charge is 0.213 e. The van der Waals surface area contributed by atoms with Crippen molar-refractivity contribution in [2.24, 2.45) is 0 Å². The van der Waals surface area contributed by atoms with Crippen LogP contribution in [0.2, 0.25) is 0 Å². The van der Waals surface area contributed by atoms with Crippen LogP contribution in [0.15, 0.2) is 52.3 Å². The zero-order valence-electron chi connectivity index (χ0n) is 12.7. The SMILES string of the molecule is Cc1ccc2c3nn4c(-c5ccc(Br)cc5)csc4nc-3nc2c1. The molecule has 0 atom stereocenters. The summed E-state index contributed by atoms with van der Waals surface area (Å²) < 4.78 is 2.97. The van der Waals surface area contributed by atoms with Gasteiger partial charge in [0.25, 0.3) is 0 Å². The quantitative estimate of drug-likeness (QED) is 0.393. The summed E-state index contributed by atoms with van der Waals surface area (Å²) in [6, 6.07) is 14.5. The molecule has 0 unspecified atom stereocenters. The number of hydrogen-bond acceptors (Lipinski definition) is 4. The lowest BCUT2D eigenvalue weighted by atomic mass is 10.1. The van der Waals surface area contributed by atoms with Gasteiger partial charge in [0.2, 0.25) is 4.96 Å². The Kier molecular flexibility index (Phi) is 2.98. The van der Waals surface area contributed by atoms with Gasteiger partial charge < -0.3 is 0 Å². The fourth-order valence-electron chi connectivity index (χ4n) is 2.88. The number of hydrogen-bond donors (Lipinski definition) is 0. The summed E-state index contributed by atoms with van der Waals surface area (Å²) in [5.41, 5.74) is 5.14. The van der Waals surface area contributed by atoms with Gasteiger partial charge in [-0.25, -0.2) is 9.50 Å². The predicted molar refractivity (Wildman–Crippen MR) is 101 cm³/mol. The minimum Gasteiger partial charge on any atom is -0.226 e. The van der Waals surface area contributed by atoms with Gasteiger partial charge in [0.05, 0.1) is 11.2 Å². The lowest BCUT2D eigenvalue weighted by molar-refractivity contribution is 0.926. The fraction of sp³-hybridized carbons (Fsp3) is 0.0556. The maximum Gasteiger partial charge on any atom is 0.213 e. The second-order valence-corrected chi connectivity index (χ2v) is 7.49. The van der Waals surface area contributed by atoms with Crippen LogP contribution in [0.25, 0.3) is 38.6 Å². The van der Waals surface area contributed by atoms with Crippen LogP contribution >= 0.6 is 27.3 Å². The average Bonchev–Trinajstić information content (AvgIpc) is 3.13. The first kappa shape index (κ1) is 14.1. The van der Waals surface area contributed by atoms with E-state index in [1.165, 1.54) is 5.56 Å². The van der Waals surface area contributed by atoms with Crippen molar-refractivity contribution in [2.45, 2.75) is 6.92 Å². The van der Waals surface area contributed by atoms with Crippen LogP contribution in [0.1, 0.15) is 5.56 Å².